The lowest BCUT2D eigenvalue weighted by atomic mass is 10.1. The zero-order chi connectivity index (χ0) is 13.8. The minimum atomic E-state index is -0.353. The van der Waals surface area contributed by atoms with Gasteiger partial charge in [-0.05, 0) is 31.9 Å². The number of carbonyl (C=O) groups excluding carboxylic acids is 1. The fourth-order valence-corrected chi connectivity index (χ4v) is 1.91. The van der Waals surface area contributed by atoms with Crippen molar-refractivity contribution in [1.29, 1.82) is 0 Å². The van der Waals surface area contributed by atoms with E-state index in [9.17, 15) is 4.79 Å². The topological polar surface area (TPSA) is 59.8 Å². The average Bonchev–Trinajstić information content (AvgIpc) is 2.90. The molecule has 19 heavy (non-hydrogen) atoms. The minimum Gasteiger partial charge on any atom is -0.350 e. The number of carbonyl (C=O) groups is 1. The van der Waals surface area contributed by atoms with Gasteiger partial charge in [0, 0.05) is 6.54 Å². The Morgan fingerprint density at radius 2 is 2.21 bits per heavy atom. The molecule has 0 saturated heterocycles. The van der Waals surface area contributed by atoms with Crippen LogP contribution in [0.15, 0.2) is 30.9 Å². The standard InChI is InChI=1S/C14H18N4O/c1-10-4-5-13(11(2)6-10)7-16-14(19)12(3)18-9-15-8-17-18/h4-6,8-9,12H,7H2,1-3H3,(H,16,19)/t12-/m1/s1. The zero-order valence-corrected chi connectivity index (χ0v) is 11.4. The van der Waals surface area contributed by atoms with E-state index in [1.807, 2.05) is 6.07 Å². The van der Waals surface area contributed by atoms with Crippen molar-refractivity contribution >= 4 is 5.91 Å². The summed E-state index contributed by atoms with van der Waals surface area (Å²) in [5.74, 6) is -0.0644. The molecule has 100 valence electrons. The van der Waals surface area contributed by atoms with Gasteiger partial charge in [-0.2, -0.15) is 5.10 Å². The van der Waals surface area contributed by atoms with Crippen LogP contribution in [-0.2, 0) is 11.3 Å². The highest BCUT2D eigenvalue weighted by Gasteiger charge is 2.14. The van der Waals surface area contributed by atoms with Crippen molar-refractivity contribution in [2.75, 3.05) is 0 Å². The summed E-state index contributed by atoms with van der Waals surface area (Å²) in [6, 6.07) is 5.86. The van der Waals surface area contributed by atoms with E-state index in [1.165, 1.54) is 22.1 Å². The summed E-state index contributed by atoms with van der Waals surface area (Å²) < 4.78 is 1.54. The fourth-order valence-electron chi connectivity index (χ4n) is 1.91. The van der Waals surface area contributed by atoms with Crippen molar-refractivity contribution in [1.82, 2.24) is 20.1 Å². The van der Waals surface area contributed by atoms with Crippen molar-refractivity contribution in [3.63, 3.8) is 0 Å². The molecule has 1 N–H and O–H groups in total. The monoisotopic (exact) mass is 258 g/mol. The third-order valence-corrected chi connectivity index (χ3v) is 3.16. The van der Waals surface area contributed by atoms with E-state index in [0.29, 0.717) is 6.54 Å². The molecule has 2 aromatic rings. The Kier molecular flexibility index (Phi) is 3.94. The minimum absolute atomic E-state index is 0.0644. The number of hydrogen-bond donors (Lipinski definition) is 1. The van der Waals surface area contributed by atoms with Crippen LogP contribution in [0, 0.1) is 13.8 Å². The quantitative estimate of drug-likeness (QED) is 0.909. The second-order valence-corrected chi connectivity index (χ2v) is 4.70. The number of rotatable bonds is 4. The normalized spacial score (nSPS) is 12.2. The lowest BCUT2D eigenvalue weighted by molar-refractivity contribution is -0.124. The maximum absolute atomic E-state index is 12.0. The Labute approximate surface area is 112 Å². The maximum Gasteiger partial charge on any atom is 0.244 e. The van der Waals surface area contributed by atoms with Crippen molar-refractivity contribution in [2.45, 2.75) is 33.4 Å². The van der Waals surface area contributed by atoms with E-state index in [1.54, 1.807) is 13.3 Å². The van der Waals surface area contributed by atoms with E-state index in [4.69, 9.17) is 0 Å². The molecule has 0 aliphatic heterocycles. The average molecular weight is 258 g/mol. The summed E-state index contributed by atoms with van der Waals surface area (Å²) in [5.41, 5.74) is 3.54. The molecule has 1 amide bonds. The SMILES string of the molecule is Cc1ccc(CNC(=O)[C@@H](C)n2cncn2)c(C)c1. The summed E-state index contributed by atoms with van der Waals surface area (Å²) in [5, 5.41) is 6.89. The van der Waals surface area contributed by atoms with E-state index in [2.05, 4.69) is 41.4 Å². The predicted molar refractivity (Wildman–Crippen MR) is 72.5 cm³/mol. The molecule has 1 heterocycles. The van der Waals surface area contributed by atoms with Crippen molar-refractivity contribution in [2.24, 2.45) is 0 Å². The molecule has 0 spiro atoms. The summed E-state index contributed by atoms with van der Waals surface area (Å²) in [7, 11) is 0. The summed E-state index contributed by atoms with van der Waals surface area (Å²) in [6.45, 7) is 6.44. The maximum atomic E-state index is 12.0. The molecule has 0 fully saturated rings. The van der Waals surface area contributed by atoms with E-state index >= 15 is 0 Å². The summed E-state index contributed by atoms with van der Waals surface area (Å²) in [4.78, 5) is 15.8. The first-order valence-electron chi connectivity index (χ1n) is 6.26. The number of amides is 1. The number of aromatic nitrogens is 3. The van der Waals surface area contributed by atoms with Gasteiger partial charge in [0.05, 0.1) is 0 Å². The van der Waals surface area contributed by atoms with Crippen molar-refractivity contribution in [3.05, 3.63) is 47.5 Å². The van der Waals surface area contributed by atoms with Gasteiger partial charge in [0.25, 0.3) is 0 Å². The molecule has 1 atom stereocenters. The predicted octanol–water partition coefficient (Wildman–Crippen LogP) is 1.77. The second-order valence-electron chi connectivity index (χ2n) is 4.70. The smallest absolute Gasteiger partial charge is 0.244 e. The first kappa shape index (κ1) is 13.3. The fraction of sp³-hybridized carbons (Fsp3) is 0.357. The van der Waals surface area contributed by atoms with Crippen LogP contribution in [0.2, 0.25) is 0 Å². The molecule has 0 unspecified atom stereocenters. The third kappa shape index (κ3) is 3.19. The Morgan fingerprint density at radius 3 is 2.84 bits per heavy atom. The van der Waals surface area contributed by atoms with Gasteiger partial charge in [0.2, 0.25) is 5.91 Å². The number of nitrogens with zero attached hydrogens (tertiary/aromatic N) is 3. The number of benzene rings is 1. The highest BCUT2D eigenvalue weighted by molar-refractivity contribution is 5.79. The van der Waals surface area contributed by atoms with Crippen LogP contribution in [0.1, 0.15) is 29.7 Å². The van der Waals surface area contributed by atoms with Crippen LogP contribution in [-0.4, -0.2) is 20.7 Å². The molecular formula is C14H18N4O. The Balaban J connectivity index is 1.97. The highest BCUT2D eigenvalue weighted by Crippen LogP contribution is 2.11. The molecule has 0 aliphatic rings. The molecule has 2 rings (SSSR count). The van der Waals surface area contributed by atoms with Crippen LogP contribution in [0.25, 0.3) is 0 Å². The molecule has 0 saturated carbocycles. The molecular weight excluding hydrogens is 240 g/mol. The highest BCUT2D eigenvalue weighted by atomic mass is 16.2. The van der Waals surface area contributed by atoms with Gasteiger partial charge in [-0.3, -0.25) is 4.79 Å². The lowest BCUT2D eigenvalue weighted by Crippen LogP contribution is -2.31. The first-order valence-corrected chi connectivity index (χ1v) is 6.26. The van der Waals surface area contributed by atoms with Gasteiger partial charge < -0.3 is 5.32 Å². The second kappa shape index (κ2) is 5.65. The van der Waals surface area contributed by atoms with Crippen LogP contribution in [0.3, 0.4) is 0 Å². The zero-order valence-electron chi connectivity index (χ0n) is 11.4. The summed E-state index contributed by atoms with van der Waals surface area (Å²) in [6.07, 6.45) is 2.97. The van der Waals surface area contributed by atoms with Gasteiger partial charge in [0.1, 0.15) is 18.7 Å². The Morgan fingerprint density at radius 1 is 1.42 bits per heavy atom. The Hall–Kier alpha value is -2.17. The number of aryl methyl sites for hydroxylation is 2. The third-order valence-electron chi connectivity index (χ3n) is 3.16. The van der Waals surface area contributed by atoms with Gasteiger partial charge in [0.15, 0.2) is 0 Å². The molecule has 0 aliphatic carbocycles. The van der Waals surface area contributed by atoms with Crippen LogP contribution in [0.4, 0.5) is 0 Å². The van der Waals surface area contributed by atoms with Crippen molar-refractivity contribution < 1.29 is 4.79 Å². The molecule has 0 radical (unpaired) electrons. The molecule has 1 aromatic heterocycles. The van der Waals surface area contributed by atoms with E-state index < -0.39 is 0 Å². The molecule has 0 bridgehead atoms. The largest absolute Gasteiger partial charge is 0.350 e. The first-order chi connectivity index (χ1) is 9.08. The number of hydrogen-bond acceptors (Lipinski definition) is 3. The lowest BCUT2D eigenvalue weighted by Gasteiger charge is -2.13. The van der Waals surface area contributed by atoms with Crippen LogP contribution >= 0.6 is 0 Å². The van der Waals surface area contributed by atoms with Gasteiger partial charge in [-0.1, -0.05) is 23.8 Å². The van der Waals surface area contributed by atoms with Crippen molar-refractivity contribution in [3.8, 4) is 0 Å². The van der Waals surface area contributed by atoms with Crippen LogP contribution < -0.4 is 5.32 Å². The number of nitrogens with one attached hydrogen (secondary N) is 1. The molecule has 1 aromatic carbocycles. The van der Waals surface area contributed by atoms with Gasteiger partial charge in [-0.25, -0.2) is 9.67 Å². The summed E-state index contributed by atoms with van der Waals surface area (Å²) >= 11 is 0. The Bertz CT molecular complexity index is 563. The molecule has 5 heteroatoms. The van der Waals surface area contributed by atoms with E-state index in [0.717, 1.165) is 5.56 Å². The van der Waals surface area contributed by atoms with Gasteiger partial charge in [-0.15, -0.1) is 0 Å². The molecule has 5 nitrogen and oxygen atoms in total. The van der Waals surface area contributed by atoms with Gasteiger partial charge >= 0.3 is 0 Å². The van der Waals surface area contributed by atoms with E-state index in [-0.39, 0.29) is 11.9 Å². The van der Waals surface area contributed by atoms with Crippen LogP contribution in [0.5, 0.6) is 0 Å².